The molecule has 0 radical (unpaired) electrons. The fourth-order valence-electron chi connectivity index (χ4n) is 3.25. The van der Waals surface area contributed by atoms with Gasteiger partial charge in [0.05, 0.1) is 11.2 Å². The van der Waals surface area contributed by atoms with Gasteiger partial charge in [-0.05, 0) is 57.8 Å². The van der Waals surface area contributed by atoms with E-state index in [1.807, 2.05) is 11.3 Å². The molecule has 0 spiro atoms. The number of nitrogens with zero attached hydrogens (tertiary/aromatic N) is 1. The molecule has 106 valence electrons. The van der Waals surface area contributed by atoms with Crippen LogP contribution in [-0.2, 0) is 12.0 Å². The van der Waals surface area contributed by atoms with Crippen LogP contribution in [0.15, 0.2) is 0 Å². The van der Waals surface area contributed by atoms with Gasteiger partial charge >= 0.3 is 0 Å². The zero-order valence-corrected chi connectivity index (χ0v) is 13.3. The lowest BCUT2D eigenvalue weighted by molar-refractivity contribution is 0.193. The smallest absolute Gasteiger partial charge is 0.113 e. The molecule has 2 aliphatic carbocycles. The van der Waals surface area contributed by atoms with Crippen molar-refractivity contribution in [3.05, 3.63) is 15.6 Å². The van der Waals surface area contributed by atoms with Crippen LogP contribution in [0, 0.1) is 12.8 Å². The molecular formula is C16H26N2S. The summed E-state index contributed by atoms with van der Waals surface area (Å²) in [6, 6.07) is 0.766. The summed E-state index contributed by atoms with van der Waals surface area (Å²) < 4.78 is 0. The topological polar surface area (TPSA) is 24.9 Å². The van der Waals surface area contributed by atoms with Crippen LogP contribution in [-0.4, -0.2) is 11.0 Å². The Kier molecular flexibility index (Phi) is 3.69. The Morgan fingerprint density at radius 3 is 2.47 bits per heavy atom. The molecule has 1 heterocycles. The molecular weight excluding hydrogens is 252 g/mol. The van der Waals surface area contributed by atoms with Gasteiger partial charge in [0.15, 0.2) is 0 Å². The van der Waals surface area contributed by atoms with E-state index in [0.717, 1.165) is 18.4 Å². The van der Waals surface area contributed by atoms with E-state index >= 15 is 0 Å². The lowest BCUT2D eigenvalue weighted by Gasteiger charge is -2.39. The van der Waals surface area contributed by atoms with Crippen molar-refractivity contribution in [2.24, 2.45) is 5.92 Å². The third-order valence-electron chi connectivity index (χ3n) is 4.82. The number of hydrogen-bond acceptors (Lipinski definition) is 3. The number of rotatable bonds is 4. The maximum atomic E-state index is 4.99. The predicted octanol–water partition coefficient (Wildman–Crippen LogP) is 4.17. The molecule has 0 unspecified atom stereocenters. The van der Waals surface area contributed by atoms with E-state index in [2.05, 4.69) is 26.1 Å². The standard InChI is InChI=1S/C16H26N2S/c1-4-14-12(3)19-15(17-14)16(18-13-5-6-13)9-7-11(2)8-10-16/h11,13,18H,4-10H2,1-3H3. The number of aryl methyl sites for hydroxylation is 2. The fraction of sp³-hybridized carbons (Fsp3) is 0.812. The fourth-order valence-corrected chi connectivity index (χ4v) is 4.47. The van der Waals surface area contributed by atoms with Crippen molar-refractivity contribution in [1.82, 2.24) is 10.3 Å². The van der Waals surface area contributed by atoms with Crippen LogP contribution < -0.4 is 5.32 Å². The SMILES string of the molecule is CCc1nc(C2(NC3CC3)CCC(C)CC2)sc1C. The normalized spacial score (nSPS) is 31.6. The Hall–Kier alpha value is -0.410. The first kappa shape index (κ1) is 13.6. The monoisotopic (exact) mass is 278 g/mol. The summed E-state index contributed by atoms with van der Waals surface area (Å²) in [7, 11) is 0. The van der Waals surface area contributed by atoms with Crippen molar-refractivity contribution < 1.29 is 0 Å². The lowest BCUT2D eigenvalue weighted by atomic mass is 9.77. The molecule has 2 nitrogen and oxygen atoms in total. The Morgan fingerprint density at radius 1 is 1.26 bits per heavy atom. The second kappa shape index (κ2) is 5.17. The van der Waals surface area contributed by atoms with E-state index in [0.29, 0.717) is 0 Å². The molecule has 0 saturated heterocycles. The summed E-state index contributed by atoms with van der Waals surface area (Å²) in [4.78, 5) is 6.41. The van der Waals surface area contributed by atoms with E-state index < -0.39 is 0 Å². The lowest BCUT2D eigenvalue weighted by Crippen LogP contribution is -2.46. The Bertz CT molecular complexity index is 440. The number of aromatic nitrogens is 1. The number of thiazole rings is 1. The number of hydrogen-bond donors (Lipinski definition) is 1. The highest BCUT2D eigenvalue weighted by Gasteiger charge is 2.42. The highest BCUT2D eigenvalue weighted by Crippen LogP contribution is 2.43. The van der Waals surface area contributed by atoms with Crippen molar-refractivity contribution >= 4 is 11.3 Å². The van der Waals surface area contributed by atoms with Gasteiger partial charge in [0.1, 0.15) is 5.01 Å². The van der Waals surface area contributed by atoms with Gasteiger partial charge in [-0.25, -0.2) is 4.98 Å². The molecule has 19 heavy (non-hydrogen) atoms. The van der Waals surface area contributed by atoms with Crippen LogP contribution in [0.1, 0.15) is 68.0 Å². The zero-order valence-electron chi connectivity index (χ0n) is 12.5. The molecule has 0 aliphatic heterocycles. The summed E-state index contributed by atoms with van der Waals surface area (Å²) in [6.45, 7) is 6.84. The second-order valence-corrected chi connectivity index (χ2v) is 7.76. The second-order valence-electron chi connectivity index (χ2n) is 6.56. The summed E-state index contributed by atoms with van der Waals surface area (Å²) >= 11 is 1.94. The van der Waals surface area contributed by atoms with E-state index in [1.165, 1.54) is 54.1 Å². The highest BCUT2D eigenvalue weighted by molar-refractivity contribution is 7.11. The summed E-state index contributed by atoms with van der Waals surface area (Å²) in [5, 5.41) is 5.33. The first-order valence-corrected chi connectivity index (χ1v) is 8.69. The van der Waals surface area contributed by atoms with Crippen LogP contribution in [0.25, 0.3) is 0 Å². The van der Waals surface area contributed by atoms with Gasteiger partial charge in [-0.1, -0.05) is 13.8 Å². The molecule has 2 fully saturated rings. The van der Waals surface area contributed by atoms with Crippen LogP contribution in [0.3, 0.4) is 0 Å². The van der Waals surface area contributed by atoms with Crippen molar-refractivity contribution in [2.75, 3.05) is 0 Å². The largest absolute Gasteiger partial charge is 0.303 e. The zero-order chi connectivity index (χ0) is 13.5. The van der Waals surface area contributed by atoms with Crippen molar-refractivity contribution in [1.29, 1.82) is 0 Å². The van der Waals surface area contributed by atoms with E-state index in [1.54, 1.807) is 0 Å². The molecule has 3 rings (SSSR count). The van der Waals surface area contributed by atoms with Gasteiger partial charge in [-0.2, -0.15) is 0 Å². The minimum atomic E-state index is 0.205. The molecule has 2 saturated carbocycles. The first-order valence-electron chi connectivity index (χ1n) is 7.87. The van der Waals surface area contributed by atoms with Crippen LogP contribution >= 0.6 is 11.3 Å². The van der Waals surface area contributed by atoms with Crippen molar-refractivity contribution in [3.63, 3.8) is 0 Å². The minimum absolute atomic E-state index is 0.205. The van der Waals surface area contributed by atoms with E-state index in [9.17, 15) is 0 Å². The molecule has 0 amide bonds. The van der Waals surface area contributed by atoms with Gasteiger partial charge in [0, 0.05) is 10.9 Å². The summed E-state index contributed by atoms with van der Waals surface area (Å²) in [5.74, 6) is 0.890. The Morgan fingerprint density at radius 2 is 1.95 bits per heavy atom. The van der Waals surface area contributed by atoms with Gasteiger partial charge in [-0.15, -0.1) is 11.3 Å². The third kappa shape index (κ3) is 2.73. The maximum absolute atomic E-state index is 4.99. The van der Waals surface area contributed by atoms with Crippen molar-refractivity contribution in [3.8, 4) is 0 Å². The summed E-state index contributed by atoms with van der Waals surface area (Å²) in [6.07, 6.45) is 9.05. The maximum Gasteiger partial charge on any atom is 0.113 e. The minimum Gasteiger partial charge on any atom is -0.303 e. The molecule has 1 N–H and O–H groups in total. The Labute approximate surface area is 121 Å². The van der Waals surface area contributed by atoms with Gasteiger partial charge in [0.25, 0.3) is 0 Å². The van der Waals surface area contributed by atoms with E-state index in [4.69, 9.17) is 4.98 Å². The van der Waals surface area contributed by atoms with Crippen LogP contribution in [0.5, 0.6) is 0 Å². The highest BCUT2D eigenvalue weighted by atomic mass is 32.1. The molecule has 1 aromatic heterocycles. The average Bonchev–Trinajstić information content (AvgIpc) is 3.13. The van der Waals surface area contributed by atoms with Crippen LogP contribution in [0.4, 0.5) is 0 Å². The van der Waals surface area contributed by atoms with Gasteiger partial charge in [-0.3, -0.25) is 0 Å². The van der Waals surface area contributed by atoms with Crippen molar-refractivity contribution in [2.45, 2.75) is 77.3 Å². The molecule has 0 bridgehead atoms. The predicted molar refractivity (Wildman–Crippen MR) is 81.7 cm³/mol. The molecule has 0 aromatic carbocycles. The molecule has 3 heteroatoms. The van der Waals surface area contributed by atoms with E-state index in [-0.39, 0.29) is 5.54 Å². The Balaban J connectivity index is 1.88. The number of nitrogens with one attached hydrogen (secondary N) is 1. The molecule has 2 aliphatic rings. The molecule has 0 atom stereocenters. The summed E-state index contributed by atoms with van der Waals surface area (Å²) in [5.41, 5.74) is 1.52. The third-order valence-corrected chi connectivity index (χ3v) is 6.04. The van der Waals surface area contributed by atoms with Gasteiger partial charge < -0.3 is 5.32 Å². The quantitative estimate of drug-likeness (QED) is 0.894. The first-order chi connectivity index (χ1) is 9.13. The van der Waals surface area contributed by atoms with Gasteiger partial charge in [0.2, 0.25) is 0 Å². The molecule has 1 aromatic rings. The average molecular weight is 278 g/mol. The van der Waals surface area contributed by atoms with Crippen LogP contribution in [0.2, 0.25) is 0 Å².